The second-order valence-electron chi connectivity index (χ2n) is 5.40. The highest BCUT2D eigenvalue weighted by Gasteiger charge is 2.32. The Kier molecular flexibility index (Phi) is 4.48. The van der Waals surface area contributed by atoms with Crippen molar-refractivity contribution in [3.63, 3.8) is 0 Å². The van der Waals surface area contributed by atoms with Crippen molar-refractivity contribution in [3.05, 3.63) is 47.7 Å². The van der Waals surface area contributed by atoms with Gasteiger partial charge in [0.25, 0.3) is 0 Å². The molecule has 0 saturated carbocycles. The Morgan fingerprint density at radius 3 is 2.86 bits per heavy atom. The number of hydrogen-bond donors (Lipinski definition) is 0. The summed E-state index contributed by atoms with van der Waals surface area (Å²) in [5.74, 6) is 0.943. The van der Waals surface area contributed by atoms with E-state index in [1.165, 1.54) is 7.11 Å². The monoisotopic (exact) mass is 301 g/mol. The molecule has 1 atom stereocenters. The van der Waals surface area contributed by atoms with Crippen LogP contribution < -0.4 is 0 Å². The molecule has 1 aromatic heterocycles. The van der Waals surface area contributed by atoms with Gasteiger partial charge < -0.3 is 9.15 Å². The van der Waals surface area contributed by atoms with E-state index in [2.05, 4.69) is 10.2 Å². The van der Waals surface area contributed by atoms with Gasteiger partial charge in [-0.05, 0) is 24.9 Å². The van der Waals surface area contributed by atoms with Crippen LogP contribution >= 0.6 is 0 Å². The van der Waals surface area contributed by atoms with Crippen molar-refractivity contribution in [2.75, 3.05) is 13.7 Å². The number of aromatic nitrogens is 2. The fourth-order valence-corrected chi connectivity index (χ4v) is 2.79. The Morgan fingerprint density at radius 2 is 2.09 bits per heavy atom. The predicted octanol–water partition coefficient (Wildman–Crippen LogP) is 1.80. The minimum Gasteiger partial charge on any atom is -0.468 e. The number of benzene rings is 1. The molecule has 6 nitrogen and oxygen atoms in total. The molecule has 2 heterocycles. The molecule has 0 bridgehead atoms. The van der Waals surface area contributed by atoms with Crippen LogP contribution in [-0.4, -0.2) is 40.8 Å². The lowest BCUT2D eigenvalue weighted by Gasteiger charge is -2.20. The molecular weight excluding hydrogens is 282 g/mol. The standard InChI is InChI=1S/C16H19N3O3/c1-21-16(20)13-8-5-9-19(13)11-15-18-17-14(22-15)10-12-6-3-2-4-7-12/h2-4,6-7,13H,5,8-11H2,1H3/t13-/m1/s1. The average molecular weight is 301 g/mol. The van der Waals surface area contributed by atoms with Crippen molar-refractivity contribution in [3.8, 4) is 0 Å². The minimum atomic E-state index is -0.200. The van der Waals surface area contributed by atoms with E-state index in [0.29, 0.717) is 24.7 Å². The predicted molar refractivity (Wildman–Crippen MR) is 79.0 cm³/mol. The number of carbonyl (C=O) groups is 1. The maximum absolute atomic E-state index is 11.7. The van der Waals surface area contributed by atoms with Gasteiger partial charge in [0.15, 0.2) is 0 Å². The van der Waals surface area contributed by atoms with Crippen LogP contribution in [0.3, 0.4) is 0 Å². The topological polar surface area (TPSA) is 68.5 Å². The number of nitrogens with zero attached hydrogens (tertiary/aromatic N) is 3. The van der Waals surface area contributed by atoms with Gasteiger partial charge in [0, 0.05) is 0 Å². The van der Waals surface area contributed by atoms with Crippen LogP contribution in [0.1, 0.15) is 30.2 Å². The molecule has 1 aliphatic rings. The summed E-state index contributed by atoms with van der Waals surface area (Å²) < 4.78 is 10.5. The number of hydrogen-bond acceptors (Lipinski definition) is 6. The Bertz CT molecular complexity index is 627. The zero-order valence-corrected chi connectivity index (χ0v) is 12.6. The van der Waals surface area contributed by atoms with Gasteiger partial charge in [-0.2, -0.15) is 0 Å². The van der Waals surface area contributed by atoms with E-state index in [0.717, 1.165) is 24.9 Å². The van der Waals surface area contributed by atoms with E-state index >= 15 is 0 Å². The van der Waals surface area contributed by atoms with Gasteiger partial charge in [-0.15, -0.1) is 10.2 Å². The smallest absolute Gasteiger partial charge is 0.323 e. The molecule has 6 heteroatoms. The molecule has 116 valence electrons. The average Bonchev–Trinajstić information content (AvgIpc) is 3.18. The first kappa shape index (κ1) is 14.7. The van der Waals surface area contributed by atoms with Crippen molar-refractivity contribution in [2.45, 2.75) is 31.8 Å². The van der Waals surface area contributed by atoms with E-state index in [1.807, 2.05) is 35.2 Å². The quantitative estimate of drug-likeness (QED) is 0.784. The Hall–Kier alpha value is -2.21. The third-order valence-electron chi connectivity index (χ3n) is 3.88. The first-order valence-electron chi connectivity index (χ1n) is 7.43. The van der Waals surface area contributed by atoms with Crippen LogP contribution in [0.25, 0.3) is 0 Å². The number of methoxy groups -OCH3 is 1. The highest BCUT2D eigenvalue weighted by atomic mass is 16.5. The van der Waals surface area contributed by atoms with Gasteiger partial charge in [0.2, 0.25) is 11.8 Å². The highest BCUT2D eigenvalue weighted by Crippen LogP contribution is 2.21. The summed E-state index contributed by atoms with van der Waals surface area (Å²) >= 11 is 0. The zero-order chi connectivity index (χ0) is 15.4. The lowest BCUT2D eigenvalue weighted by molar-refractivity contribution is -0.146. The summed E-state index contributed by atoms with van der Waals surface area (Å²) in [4.78, 5) is 13.8. The van der Waals surface area contributed by atoms with Gasteiger partial charge in [-0.3, -0.25) is 9.69 Å². The summed E-state index contributed by atoms with van der Waals surface area (Å²) in [6.07, 6.45) is 2.41. The van der Waals surface area contributed by atoms with Crippen molar-refractivity contribution in [2.24, 2.45) is 0 Å². The molecule has 1 aromatic carbocycles. The van der Waals surface area contributed by atoms with Gasteiger partial charge in [0.05, 0.1) is 20.1 Å². The molecule has 0 aliphatic carbocycles. The van der Waals surface area contributed by atoms with Crippen molar-refractivity contribution in [1.82, 2.24) is 15.1 Å². The van der Waals surface area contributed by atoms with Crippen molar-refractivity contribution in [1.29, 1.82) is 0 Å². The molecule has 0 spiro atoms. The third kappa shape index (κ3) is 3.33. The van der Waals surface area contributed by atoms with Crippen molar-refractivity contribution < 1.29 is 13.9 Å². The number of rotatable bonds is 5. The van der Waals surface area contributed by atoms with Gasteiger partial charge in [-0.25, -0.2) is 0 Å². The van der Waals surface area contributed by atoms with E-state index < -0.39 is 0 Å². The van der Waals surface area contributed by atoms with Gasteiger partial charge >= 0.3 is 5.97 Å². The summed E-state index contributed by atoms with van der Waals surface area (Å²) in [7, 11) is 1.42. The molecule has 22 heavy (non-hydrogen) atoms. The highest BCUT2D eigenvalue weighted by molar-refractivity contribution is 5.75. The van der Waals surface area contributed by atoms with Crippen LogP contribution in [0.5, 0.6) is 0 Å². The van der Waals surface area contributed by atoms with Crippen LogP contribution in [0.4, 0.5) is 0 Å². The first-order chi connectivity index (χ1) is 10.8. The lowest BCUT2D eigenvalue weighted by atomic mass is 10.2. The number of ether oxygens (including phenoxy) is 1. The molecule has 2 aromatic rings. The number of likely N-dealkylation sites (tertiary alicyclic amines) is 1. The summed E-state index contributed by atoms with van der Waals surface area (Å²) in [6, 6.07) is 9.79. The second-order valence-corrected chi connectivity index (χ2v) is 5.40. The molecule has 0 amide bonds. The van der Waals surface area contributed by atoms with E-state index in [1.54, 1.807) is 0 Å². The van der Waals surface area contributed by atoms with E-state index in [9.17, 15) is 4.79 Å². The second kappa shape index (κ2) is 6.70. The number of esters is 1. The van der Waals surface area contributed by atoms with Crippen molar-refractivity contribution >= 4 is 5.97 Å². The Morgan fingerprint density at radius 1 is 1.32 bits per heavy atom. The van der Waals surface area contributed by atoms with Gasteiger partial charge in [-0.1, -0.05) is 30.3 Å². The SMILES string of the molecule is COC(=O)[C@H]1CCCN1Cc1nnc(Cc2ccccc2)o1. The molecule has 1 saturated heterocycles. The minimum absolute atomic E-state index is 0.193. The molecule has 3 rings (SSSR count). The van der Waals surface area contributed by atoms with Crippen LogP contribution in [0, 0.1) is 0 Å². The zero-order valence-electron chi connectivity index (χ0n) is 12.6. The first-order valence-corrected chi connectivity index (χ1v) is 7.43. The van der Waals surface area contributed by atoms with E-state index in [-0.39, 0.29) is 12.0 Å². The Labute approximate surface area is 129 Å². The number of carbonyl (C=O) groups excluding carboxylic acids is 1. The summed E-state index contributed by atoms with van der Waals surface area (Å²) in [5, 5.41) is 8.17. The third-order valence-corrected chi connectivity index (χ3v) is 3.88. The van der Waals surface area contributed by atoms with Gasteiger partial charge in [0.1, 0.15) is 6.04 Å². The molecule has 0 unspecified atom stereocenters. The Balaban J connectivity index is 1.63. The molecule has 0 radical (unpaired) electrons. The van der Waals surface area contributed by atoms with Crippen LogP contribution in [0.15, 0.2) is 34.7 Å². The molecule has 0 N–H and O–H groups in total. The molecular formula is C16H19N3O3. The van der Waals surface area contributed by atoms with Crippen LogP contribution in [0.2, 0.25) is 0 Å². The maximum atomic E-state index is 11.7. The van der Waals surface area contributed by atoms with E-state index in [4.69, 9.17) is 9.15 Å². The largest absolute Gasteiger partial charge is 0.468 e. The molecule has 1 fully saturated rings. The summed E-state index contributed by atoms with van der Waals surface area (Å²) in [5.41, 5.74) is 1.13. The van der Waals surface area contributed by atoms with Crippen LogP contribution in [-0.2, 0) is 22.5 Å². The fraction of sp³-hybridized carbons (Fsp3) is 0.438. The normalized spacial score (nSPS) is 18.5. The molecule has 1 aliphatic heterocycles. The summed E-state index contributed by atoms with van der Waals surface area (Å²) in [6.45, 7) is 1.33. The fourth-order valence-electron chi connectivity index (χ4n) is 2.79. The maximum Gasteiger partial charge on any atom is 0.323 e. The lowest BCUT2D eigenvalue weighted by Crippen LogP contribution is -2.36.